The lowest BCUT2D eigenvalue weighted by Gasteiger charge is -2.33. The Kier molecular flexibility index (Phi) is 5.37. The predicted octanol–water partition coefficient (Wildman–Crippen LogP) is 4.92. The quantitative estimate of drug-likeness (QED) is 0.632. The Morgan fingerprint density at radius 2 is 1.37 bits per heavy atom. The Hall–Kier alpha value is -2.07. The number of fused-ring (bicyclic) bond motifs is 1. The van der Waals surface area contributed by atoms with E-state index in [0.29, 0.717) is 17.7 Å². The number of aliphatic hydroxyl groups is 1. The van der Waals surface area contributed by atoms with Gasteiger partial charge in [0.1, 0.15) is 5.84 Å². The van der Waals surface area contributed by atoms with Crippen LogP contribution >= 0.6 is 17.0 Å². The Labute approximate surface area is 160 Å². The van der Waals surface area contributed by atoms with Crippen molar-refractivity contribution in [2.24, 2.45) is 0 Å². The van der Waals surface area contributed by atoms with E-state index in [0.717, 1.165) is 17.7 Å². The van der Waals surface area contributed by atoms with Gasteiger partial charge in [-0.05, 0) is 17.7 Å². The first-order valence-corrected chi connectivity index (χ1v) is 7.37. The average molecular weight is 455 g/mol. The number of hydrogen-bond donors (Lipinski definition) is 2. The van der Waals surface area contributed by atoms with Crippen molar-refractivity contribution in [1.82, 2.24) is 0 Å². The van der Waals surface area contributed by atoms with Crippen LogP contribution in [0.4, 0.5) is 32.0 Å². The third kappa shape index (κ3) is 3.31. The van der Waals surface area contributed by atoms with E-state index < -0.39 is 23.5 Å². The minimum atomic E-state index is -5.93. The van der Waals surface area contributed by atoms with Gasteiger partial charge in [0.25, 0.3) is 5.60 Å². The van der Waals surface area contributed by atoms with Crippen molar-refractivity contribution in [3.8, 4) is 0 Å². The van der Waals surface area contributed by atoms with Gasteiger partial charge in [-0.25, -0.2) is 0 Å². The van der Waals surface area contributed by atoms with Gasteiger partial charge in [-0.15, -0.1) is 17.0 Å². The molecule has 1 aliphatic rings. The van der Waals surface area contributed by atoms with Crippen LogP contribution in [0.1, 0.15) is 16.7 Å². The molecule has 1 heterocycles. The minimum Gasteiger partial charge on any atom is -0.369 e. The fourth-order valence-electron chi connectivity index (χ4n) is 2.88. The fraction of sp³-hybridized carbons (Fsp3) is 0.235. The average Bonchev–Trinajstić information content (AvgIpc) is 2.89. The number of anilines is 1. The van der Waals surface area contributed by atoms with Crippen molar-refractivity contribution in [3.05, 3.63) is 65.2 Å². The Morgan fingerprint density at radius 3 is 1.85 bits per heavy atom. The molecule has 0 saturated carbocycles. The molecule has 0 unspecified atom stereocenters. The molecule has 0 fully saturated rings. The lowest BCUT2D eigenvalue weighted by Crippen LogP contribution is -2.53. The van der Waals surface area contributed by atoms with E-state index in [9.17, 15) is 31.4 Å². The van der Waals surface area contributed by atoms with E-state index in [1.165, 1.54) is 4.90 Å². The molecule has 0 amide bonds. The van der Waals surface area contributed by atoms with Crippen molar-refractivity contribution in [3.63, 3.8) is 0 Å². The van der Waals surface area contributed by atoms with E-state index in [4.69, 9.17) is 5.41 Å². The second-order valence-corrected chi connectivity index (χ2v) is 5.84. The molecule has 0 aliphatic carbocycles. The summed E-state index contributed by atoms with van der Waals surface area (Å²) in [5.41, 5.74) is -4.58. The van der Waals surface area contributed by atoms with Crippen molar-refractivity contribution in [2.75, 3.05) is 4.90 Å². The van der Waals surface area contributed by atoms with Gasteiger partial charge in [-0.2, -0.15) is 26.3 Å². The van der Waals surface area contributed by atoms with Gasteiger partial charge in [-0.3, -0.25) is 5.41 Å². The molecule has 0 saturated heterocycles. The van der Waals surface area contributed by atoms with Crippen LogP contribution in [-0.2, 0) is 12.1 Å². The number of nitrogens with zero attached hydrogens (tertiary/aromatic N) is 1. The summed E-state index contributed by atoms with van der Waals surface area (Å²) in [5, 5.41) is 17.5. The van der Waals surface area contributed by atoms with Crippen molar-refractivity contribution in [2.45, 2.75) is 24.5 Å². The summed E-state index contributed by atoms with van der Waals surface area (Å²) in [6.07, 6.45) is -11.9. The van der Waals surface area contributed by atoms with E-state index in [-0.39, 0.29) is 35.0 Å². The summed E-state index contributed by atoms with van der Waals surface area (Å²) in [6.45, 7) is 0.275. The van der Waals surface area contributed by atoms with Gasteiger partial charge >= 0.3 is 12.4 Å². The highest BCUT2D eigenvalue weighted by Crippen LogP contribution is 2.50. The number of alkyl halides is 6. The number of rotatable bonds is 2. The molecule has 27 heavy (non-hydrogen) atoms. The number of nitrogens with one attached hydrogen (secondary N) is 1. The number of hydrogen-bond acceptors (Lipinski definition) is 2. The summed E-state index contributed by atoms with van der Waals surface area (Å²) in [7, 11) is 0. The van der Waals surface area contributed by atoms with Crippen LogP contribution in [0.15, 0.2) is 48.5 Å². The lowest BCUT2D eigenvalue weighted by atomic mass is 9.92. The van der Waals surface area contributed by atoms with E-state index in [1.54, 1.807) is 24.3 Å². The van der Waals surface area contributed by atoms with Crippen LogP contribution in [-0.4, -0.2) is 23.3 Å². The molecule has 2 N–H and O–H groups in total. The highest BCUT2D eigenvalue weighted by atomic mass is 79.9. The standard InChI is InChI=1S/C17H12F6N2O.BrH/c18-16(19,20)15(26,17(21,22)23)11-5-7-12(8-6-11)25-9-10-3-1-2-4-13(10)14(25)24;/h1-8,24,26H,9H2;1H. The van der Waals surface area contributed by atoms with Crippen LogP contribution in [0.5, 0.6) is 0 Å². The van der Waals surface area contributed by atoms with Gasteiger partial charge < -0.3 is 10.0 Å². The highest BCUT2D eigenvalue weighted by Gasteiger charge is 2.71. The third-order valence-electron chi connectivity index (χ3n) is 4.29. The number of amidine groups is 1. The van der Waals surface area contributed by atoms with Gasteiger partial charge in [-0.1, -0.05) is 36.4 Å². The molecule has 3 nitrogen and oxygen atoms in total. The maximum Gasteiger partial charge on any atom is 0.430 e. The second-order valence-electron chi connectivity index (χ2n) is 5.84. The topological polar surface area (TPSA) is 47.3 Å². The molecule has 1 aliphatic heterocycles. The summed E-state index contributed by atoms with van der Waals surface area (Å²) < 4.78 is 77.5. The predicted molar refractivity (Wildman–Crippen MR) is 92.2 cm³/mol. The van der Waals surface area contributed by atoms with E-state index >= 15 is 0 Å². The molecule has 0 spiro atoms. The summed E-state index contributed by atoms with van der Waals surface area (Å²) in [5.74, 6) is 0.0928. The van der Waals surface area contributed by atoms with Gasteiger partial charge in [0, 0.05) is 16.8 Å². The summed E-state index contributed by atoms with van der Waals surface area (Å²) in [6, 6.07) is 10.2. The van der Waals surface area contributed by atoms with Crippen molar-refractivity contribution >= 4 is 28.5 Å². The monoisotopic (exact) mass is 454 g/mol. The van der Waals surface area contributed by atoms with Gasteiger partial charge in [0.05, 0.1) is 6.54 Å². The first-order valence-electron chi connectivity index (χ1n) is 7.37. The Morgan fingerprint density at radius 1 is 0.852 bits per heavy atom. The lowest BCUT2D eigenvalue weighted by molar-refractivity contribution is -0.376. The molecule has 10 heteroatoms. The van der Waals surface area contributed by atoms with E-state index in [1.807, 2.05) is 0 Å². The molecule has 3 rings (SSSR count). The van der Waals surface area contributed by atoms with Crippen LogP contribution in [0, 0.1) is 5.41 Å². The van der Waals surface area contributed by atoms with Crippen molar-refractivity contribution < 1.29 is 31.4 Å². The maximum absolute atomic E-state index is 12.9. The first kappa shape index (κ1) is 21.2. The zero-order chi connectivity index (χ0) is 19.3. The smallest absolute Gasteiger partial charge is 0.369 e. The maximum atomic E-state index is 12.9. The zero-order valence-electron chi connectivity index (χ0n) is 13.4. The molecule has 2 aromatic carbocycles. The van der Waals surface area contributed by atoms with Gasteiger partial charge in [0.2, 0.25) is 0 Å². The Bertz CT molecular complexity index is 834. The molecule has 0 aromatic heterocycles. The fourth-order valence-corrected chi connectivity index (χ4v) is 2.88. The molecule has 0 radical (unpaired) electrons. The molecular formula is C17H13BrF6N2O. The number of benzene rings is 2. The van der Waals surface area contributed by atoms with Crippen LogP contribution in [0.2, 0.25) is 0 Å². The Balaban J connectivity index is 0.00000261. The summed E-state index contributed by atoms with van der Waals surface area (Å²) >= 11 is 0. The van der Waals surface area contributed by atoms with Crippen LogP contribution in [0.3, 0.4) is 0 Å². The first-order chi connectivity index (χ1) is 12.0. The molecule has 0 atom stereocenters. The molecule has 0 bridgehead atoms. The van der Waals surface area contributed by atoms with Crippen LogP contribution in [0.25, 0.3) is 0 Å². The third-order valence-corrected chi connectivity index (χ3v) is 4.29. The normalized spacial score (nSPS) is 14.8. The number of halogens is 7. The zero-order valence-corrected chi connectivity index (χ0v) is 15.1. The SMILES string of the molecule is Br.N=C1c2ccccc2CN1c1ccc(C(O)(C(F)(F)F)C(F)(F)F)cc1. The van der Waals surface area contributed by atoms with Crippen molar-refractivity contribution in [1.29, 1.82) is 5.41 Å². The highest BCUT2D eigenvalue weighted by molar-refractivity contribution is 8.93. The second kappa shape index (κ2) is 6.83. The molecular weight excluding hydrogens is 442 g/mol. The largest absolute Gasteiger partial charge is 0.430 e. The van der Waals surface area contributed by atoms with E-state index in [2.05, 4.69) is 0 Å². The molecule has 2 aromatic rings. The summed E-state index contributed by atoms with van der Waals surface area (Å²) in [4.78, 5) is 1.45. The minimum absolute atomic E-state index is 0. The molecule has 146 valence electrons. The van der Waals surface area contributed by atoms with Crippen LogP contribution < -0.4 is 4.90 Å². The van der Waals surface area contributed by atoms with Gasteiger partial charge in [0.15, 0.2) is 0 Å².